The van der Waals surface area contributed by atoms with Crippen LogP contribution in [0.3, 0.4) is 0 Å². The molecule has 0 spiro atoms. The zero-order chi connectivity index (χ0) is 19.9. The van der Waals surface area contributed by atoms with E-state index in [1.54, 1.807) is 6.08 Å². The van der Waals surface area contributed by atoms with E-state index in [9.17, 15) is 4.79 Å². The molecule has 1 aromatic heterocycles. The molecule has 0 aliphatic heterocycles. The topological polar surface area (TPSA) is 61.6 Å². The van der Waals surface area contributed by atoms with Crippen molar-refractivity contribution in [3.8, 4) is 23.0 Å². The third-order valence-electron chi connectivity index (χ3n) is 3.98. The van der Waals surface area contributed by atoms with Crippen molar-refractivity contribution in [1.29, 1.82) is 0 Å². The molecule has 144 valence electrons. The molecule has 2 aromatic carbocycles. The Hall–Kier alpha value is -3.34. The lowest BCUT2D eigenvalue weighted by molar-refractivity contribution is -0.104. The minimum Gasteiger partial charge on any atom is -0.487 e. The van der Waals surface area contributed by atoms with Crippen LogP contribution < -0.4 is 9.47 Å². The van der Waals surface area contributed by atoms with Gasteiger partial charge in [-0.1, -0.05) is 30.3 Å². The molecule has 1 heterocycles. The Morgan fingerprint density at radius 3 is 2.61 bits per heavy atom. The number of benzene rings is 2. The lowest BCUT2D eigenvalue weighted by atomic mass is 10.2. The molecule has 0 N–H and O–H groups in total. The minimum atomic E-state index is -0.00822. The molecule has 3 rings (SSSR count). The normalized spacial score (nSPS) is 11.1. The molecule has 0 bridgehead atoms. The molecule has 0 amide bonds. The molecule has 0 aliphatic rings. The number of hydrogen-bond donors (Lipinski definition) is 0. The molecule has 0 unspecified atom stereocenters. The Labute approximate surface area is 164 Å². The predicted octanol–water partition coefficient (Wildman–Crippen LogP) is 5.23. The average Bonchev–Trinajstić information content (AvgIpc) is 3.06. The van der Waals surface area contributed by atoms with E-state index in [1.807, 2.05) is 69.3 Å². The van der Waals surface area contributed by atoms with Gasteiger partial charge in [-0.2, -0.15) is 0 Å². The molecule has 0 saturated heterocycles. The summed E-state index contributed by atoms with van der Waals surface area (Å²) in [6.07, 6.45) is 3.90. The number of aryl methyl sites for hydroxylation is 1. The van der Waals surface area contributed by atoms with Gasteiger partial charge in [0.2, 0.25) is 5.89 Å². The van der Waals surface area contributed by atoms with Gasteiger partial charge in [-0.3, -0.25) is 4.79 Å². The second-order valence-electron chi connectivity index (χ2n) is 6.54. The Morgan fingerprint density at radius 2 is 1.89 bits per heavy atom. The second kappa shape index (κ2) is 9.04. The first-order valence-corrected chi connectivity index (χ1v) is 9.14. The lowest BCUT2D eigenvalue weighted by Gasteiger charge is -2.15. The maximum atomic E-state index is 10.5. The number of oxazole rings is 1. The summed E-state index contributed by atoms with van der Waals surface area (Å²) in [5, 5.41) is 0. The van der Waals surface area contributed by atoms with Crippen LogP contribution >= 0.6 is 0 Å². The van der Waals surface area contributed by atoms with Crippen LogP contribution in [0.15, 0.2) is 59.0 Å². The number of nitrogens with zero attached hydrogens (tertiary/aromatic N) is 1. The van der Waals surface area contributed by atoms with Gasteiger partial charge in [-0.05, 0) is 56.7 Å². The summed E-state index contributed by atoms with van der Waals surface area (Å²) < 4.78 is 17.6. The van der Waals surface area contributed by atoms with Crippen LogP contribution in [-0.2, 0) is 11.4 Å². The fraction of sp³-hybridized carbons (Fsp3) is 0.217. The number of carbonyl (C=O) groups excluding carboxylic acids is 1. The van der Waals surface area contributed by atoms with Crippen LogP contribution in [0, 0.1) is 6.92 Å². The Bertz CT molecular complexity index is 958. The third kappa shape index (κ3) is 4.88. The fourth-order valence-electron chi connectivity index (χ4n) is 2.66. The van der Waals surface area contributed by atoms with Gasteiger partial charge >= 0.3 is 0 Å². The van der Waals surface area contributed by atoms with Crippen molar-refractivity contribution in [2.75, 3.05) is 0 Å². The zero-order valence-electron chi connectivity index (χ0n) is 16.2. The number of carbonyl (C=O) groups is 1. The van der Waals surface area contributed by atoms with Crippen molar-refractivity contribution >= 4 is 12.4 Å². The highest BCUT2D eigenvalue weighted by molar-refractivity contribution is 5.74. The smallest absolute Gasteiger partial charge is 0.226 e. The maximum Gasteiger partial charge on any atom is 0.226 e. The van der Waals surface area contributed by atoms with Gasteiger partial charge in [-0.25, -0.2) is 4.98 Å². The summed E-state index contributed by atoms with van der Waals surface area (Å²) in [7, 11) is 0. The molecule has 0 atom stereocenters. The third-order valence-corrected chi connectivity index (χ3v) is 3.98. The van der Waals surface area contributed by atoms with Gasteiger partial charge in [0.1, 0.15) is 24.3 Å². The molecule has 5 nitrogen and oxygen atoms in total. The van der Waals surface area contributed by atoms with Crippen LogP contribution in [0.25, 0.3) is 17.5 Å². The van der Waals surface area contributed by atoms with Gasteiger partial charge in [0.25, 0.3) is 0 Å². The summed E-state index contributed by atoms with van der Waals surface area (Å²) in [6, 6.07) is 15.3. The summed E-state index contributed by atoms with van der Waals surface area (Å²) in [6.45, 7) is 6.04. The monoisotopic (exact) mass is 377 g/mol. The molecular formula is C23H23NO4. The van der Waals surface area contributed by atoms with Crippen molar-refractivity contribution in [2.24, 2.45) is 0 Å². The fourth-order valence-corrected chi connectivity index (χ4v) is 2.66. The largest absolute Gasteiger partial charge is 0.487 e. The van der Waals surface area contributed by atoms with Gasteiger partial charge in [0.05, 0.1) is 6.10 Å². The maximum absolute atomic E-state index is 10.5. The van der Waals surface area contributed by atoms with Gasteiger partial charge in [-0.15, -0.1) is 0 Å². The highest BCUT2D eigenvalue weighted by Crippen LogP contribution is 2.31. The highest BCUT2D eigenvalue weighted by Gasteiger charge is 2.14. The quantitative estimate of drug-likeness (QED) is 0.397. The van der Waals surface area contributed by atoms with Crippen molar-refractivity contribution in [3.63, 3.8) is 0 Å². The Balaban J connectivity index is 1.79. The molecule has 3 aromatic rings. The van der Waals surface area contributed by atoms with E-state index in [4.69, 9.17) is 13.9 Å². The number of ether oxygens (including phenoxy) is 2. The summed E-state index contributed by atoms with van der Waals surface area (Å²) in [5.74, 6) is 2.52. The van der Waals surface area contributed by atoms with Crippen molar-refractivity contribution in [3.05, 3.63) is 71.6 Å². The first-order valence-electron chi connectivity index (χ1n) is 9.14. The predicted molar refractivity (Wildman–Crippen MR) is 108 cm³/mol. The van der Waals surface area contributed by atoms with Crippen LogP contribution in [0.2, 0.25) is 0 Å². The molecule has 5 heteroatoms. The van der Waals surface area contributed by atoms with E-state index >= 15 is 0 Å². The minimum absolute atomic E-state index is 0.00822. The number of aromatic nitrogens is 1. The average molecular weight is 377 g/mol. The first-order chi connectivity index (χ1) is 13.6. The summed E-state index contributed by atoms with van der Waals surface area (Å²) >= 11 is 0. The zero-order valence-corrected chi connectivity index (χ0v) is 16.2. The lowest BCUT2D eigenvalue weighted by Crippen LogP contribution is -2.08. The highest BCUT2D eigenvalue weighted by atomic mass is 16.5. The molecule has 0 fully saturated rings. The number of rotatable bonds is 8. The van der Waals surface area contributed by atoms with Gasteiger partial charge < -0.3 is 13.9 Å². The van der Waals surface area contributed by atoms with E-state index < -0.39 is 0 Å². The van der Waals surface area contributed by atoms with E-state index in [2.05, 4.69) is 4.98 Å². The second-order valence-corrected chi connectivity index (χ2v) is 6.54. The molecule has 0 saturated carbocycles. The number of hydrogen-bond acceptors (Lipinski definition) is 5. The van der Waals surface area contributed by atoms with E-state index in [1.165, 1.54) is 6.08 Å². The Morgan fingerprint density at radius 1 is 1.11 bits per heavy atom. The van der Waals surface area contributed by atoms with Crippen LogP contribution in [0.4, 0.5) is 0 Å². The SMILES string of the molecule is Cc1oc(-c2ccccc2)nc1COc1ccc(C=CC=O)cc1OC(C)C. The van der Waals surface area contributed by atoms with Gasteiger partial charge in [0, 0.05) is 5.56 Å². The molecule has 0 radical (unpaired) electrons. The summed E-state index contributed by atoms with van der Waals surface area (Å²) in [5.41, 5.74) is 2.52. The van der Waals surface area contributed by atoms with Crippen LogP contribution in [-0.4, -0.2) is 17.4 Å². The molecule has 28 heavy (non-hydrogen) atoms. The standard InChI is InChI=1S/C23H23NO4/c1-16(2)27-22-14-18(8-7-13-25)11-12-21(22)26-15-20-17(3)28-23(24-20)19-9-5-4-6-10-19/h4-14,16H,15H2,1-3H3. The van der Waals surface area contributed by atoms with E-state index in [-0.39, 0.29) is 12.7 Å². The van der Waals surface area contributed by atoms with E-state index in [0.717, 1.165) is 28.9 Å². The van der Waals surface area contributed by atoms with Crippen LogP contribution in [0.5, 0.6) is 11.5 Å². The van der Waals surface area contributed by atoms with E-state index in [0.29, 0.717) is 17.4 Å². The molecular weight excluding hydrogens is 354 g/mol. The summed E-state index contributed by atoms with van der Waals surface area (Å²) in [4.78, 5) is 15.1. The number of aldehydes is 1. The van der Waals surface area contributed by atoms with Crippen LogP contribution in [0.1, 0.15) is 30.9 Å². The number of allylic oxidation sites excluding steroid dienone is 1. The first kappa shape index (κ1) is 19.4. The van der Waals surface area contributed by atoms with Gasteiger partial charge in [0.15, 0.2) is 11.5 Å². The Kier molecular flexibility index (Phi) is 6.27. The van der Waals surface area contributed by atoms with Crippen molar-refractivity contribution in [2.45, 2.75) is 33.5 Å². The molecule has 0 aliphatic carbocycles. The van der Waals surface area contributed by atoms with Crippen molar-refractivity contribution in [1.82, 2.24) is 4.98 Å². The van der Waals surface area contributed by atoms with Crippen molar-refractivity contribution < 1.29 is 18.7 Å².